The highest BCUT2D eigenvalue weighted by Crippen LogP contribution is 2.26. The van der Waals surface area contributed by atoms with Gasteiger partial charge in [0.1, 0.15) is 18.4 Å². The second-order valence-electron chi connectivity index (χ2n) is 7.51. The smallest absolute Gasteiger partial charge is 0.329 e. The molecule has 0 bridgehead atoms. The highest BCUT2D eigenvalue weighted by atomic mass is 32.2. The molecule has 0 saturated heterocycles. The van der Waals surface area contributed by atoms with Gasteiger partial charge in [-0.1, -0.05) is 24.3 Å². The van der Waals surface area contributed by atoms with E-state index in [4.69, 9.17) is 13.6 Å². The van der Waals surface area contributed by atoms with Gasteiger partial charge in [0.2, 0.25) is 5.09 Å². The first-order chi connectivity index (χ1) is 15.3. The Balaban J connectivity index is 1.52. The van der Waals surface area contributed by atoms with Crippen molar-refractivity contribution in [1.82, 2.24) is 9.21 Å². The van der Waals surface area contributed by atoms with E-state index in [1.165, 1.54) is 37.4 Å². The normalized spacial score (nSPS) is 16.1. The number of furan rings is 2. The van der Waals surface area contributed by atoms with Crippen molar-refractivity contribution in [3.63, 3.8) is 0 Å². The zero-order valence-electron chi connectivity index (χ0n) is 17.6. The molecule has 1 atom stereocenters. The van der Waals surface area contributed by atoms with Crippen molar-refractivity contribution in [2.75, 3.05) is 14.1 Å². The molecule has 1 aliphatic heterocycles. The molecule has 3 aromatic rings. The predicted molar refractivity (Wildman–Crippen MR) is 112 cm³/mol. The zero-order chi connectivity index (χ0) is 22.9. The summed E-state index contributed by atoms with van der Waals surface area (Å²) >= 11 is 0. The summed E-state index contributed by atoms with van der Waals surface area (Å²) in [4.78, 5) is 27.4. The second kappa shape index (κ2) is 8.64. The first-order valence-electron chi connectivity index (χ1n) is 9.86. The molecule has 1 aliphatic rings. The molecular weight excluding hydrogens is 436 g/mol. The van der Waals surface area contributed by atoms with E-state index in [0.29, 0.717) is 6.42 Å². The lowest BCUT2D eigenvalue weighted by Gasteiger charge is -2.34. The maximum Gasteiger partial charge on any atom is 0.329 e. The van der Waals surface area contributed by atoms with Gasteiger partial charge < -0.3 is 18.5 Å². The number of hydrogen-bond acceptors (Lipinski definition) is 7. The van der Waals surface area contributed by atoms with Gasteiger partial charge in [-0.05, 0) is 35.4 Å². The number of carbonyl (C=O) groups is 2. The lowest BCUT2D eigenvalue weighted by atomic mass is 9.93. The van der Waals surface area contributed by atoms with Crippen LogP contribution in [0.5, 0.6) is 0 Å². The van der Waals surface area contributed by atoms with Crippen LogP contribution in [0, 0.1) is 0 Å². The minimum absolute atomic E-state index is 0.131. The van der Waals surface area contributed by atoms with Crippen LogP contribution in [0.2, 0.25) is 0 Å². The number of ether oxygens (including phenoxy) is 1. The number of esters is 1. The molecule has 0 N–H and O–H groups in total. The summed E-state index contributed by atoms with van der Waals surface area (Å²) in [5, 5.41) is -0.241. The fourth-order valence-corrected chi connectivity index (χ4v) is 4.29. The molecule has 1 aromatic carbocycles. The minimum atomic E-state index is -3.73. The molecule has 4 rings (SSSR count). The summed E-state index contributed by atoms with van der Waals surface area (Å²) in [6.45, 7) is -0.0236. The maximum absolute atomic E-state index is 13.0. The third-order valence-corrected chi connectivity index (χ3v) is 6.93. The number of nitrogens with zero attached hydrogens (tertiary/aromatic N) is 2. The van der Waals surface area contributed by atoms with Gasteiger partial charge in [0.25, 0.3) is 15.9 Å². The summed E-state index contributed by atoms with van der Waals surface area (Å²) in [5.41, 5.74) is 1.90. The van der Waals surface area contributed by atoms with E-state index in [-0.39, 0.29) is 29.8 Å². The lowest BCUT2D eigenvalue weighted by molar-refractivity contribution is -0.151. The number of sulfonamides is 1. The average Bonchev–Trinajstić information content (AvgIpc) is 3.48. The Morgan fingerprint density at radius 3 is 2.53 bits per heavy atom. The first-order valence-corrected chi connectivity index (χ1v) is 11.3. The molecule has 1 amide bonds. The summed E-state index contributed by atoms with van der Waals surface area (Å²) in [6.07, 6.45) is 1.69. The summed E-state index contributed by atoms with van der Waals surface area (Å²) in [7, 11) is -0.947. The van der Waals surface area contributed by atoms with E-state index in [0.717, 1.165) is 15.4 Å². The molecule has 0 aliphatic carbocycles. The molecule has 0 spiro atoms. The minimum Gasteiger partial charge on any atom is -0.459 e. The molecule has 0 unspecified atom stereocenters. The van der Waals surface area contributed by atoms with Crippen LogP contribution in [0.25, 0.3) is 0 Å². The zero-order valence-corrected chi connectivity index (χ0v) is 18.4. The summed E-state index contributed by atoms with van der Waals surface area (Å²) < 4.78 is 41.3. The number of carbonyl (C=O) groups excluding carboxylic acids is 2. The van der Waals surface area contributed by atoms with Crippen LogP contribution in [-0.4, -0.2) is 49.6 Å². The molecule has 0 radical (unpaired) electrons. The average molecular weight is 458 g/mol. The van der Waals surface area contributed by atoms with Crippen molar-refractivity contribution in [3.8, 4) is 0 Å². The van der Waals surface area contributed by atoms with Gasteiger partial charge >= 0.3 is 5.97 Å². The van der Waals surface area contributed by atoms with E-state index < -0.39 is 27.9 Å². The van der Waals surface area contributed by atoms with E-state index in [1.54, 1.807) is 12.1 Å². The SMILES string of the molecule is CN(C)S(=O)(=O)c1ccc(COC(=O)[C@@H]2Cc3ccccc3CN2C(=O)c2ccco2)o1. The van der Waals surface area contributed by atoms with E-state index >= 15 is 0 Å². The largest absolute Gasteiger partial charge is 0.459 e. The number of amides is 1. The van der Waals surface area contributed by atoms with Crippen LogP contribution in [0.3, 0.4) is 0 Å². The Bertz CT molecular complexity index is 1230. The Kier molecular flexibility index (Phi) is 5.90. The Labute approximate surface area is 185 Å². The van der Waals surface area contributed by atoms with Crippen molar-refractivity contribution in [2.24, 2.45) is 0 Å². The molecule has 0 saturated carbocycles. The van der Waals surface area contributed by atoms with Gasteiger partial charge in [0.15, 0.2) is 5.76 Å². The van der Waals surface area contributed by atoms with Crippen LogP contribution < -0.4 is 0 Å². The van der Waals surface area contributed by atoms with Crippen LogP contribution in [0.15, 0.2) is 68.7 Å². The topological polar surface area (TPSA) is 110 Å². The molecular formula is C22H22N2O7S. The Hall–Kier alpha value is -3.37. The summed E-state index contributed by atoms with van der Waals surface area (Å²) in [5.74, 6) is -0.720. The first kappa shape index (κ1) is 21.8. The van der Waals surface area contributed by atoms with Crippen LogP contribution >= 0.6 is 0 Å². The fraction of sp³-hybridized carbons (Fsp3) is 0.273. The quantitative estimate of drug-likeness (QED) is 0.522. The van der Waals surface area contributed by atoms with Gasteiger partial charge in [-0.15, -0.1) is 0 Å². The third-order valence-electron chi connectivity index (χ3n) is 5.24. The van der Waals surface area contributed by atoms with Crippen molar-refractivity contribution >= 4 is 21.9 Å². The fourth-order valence-electron chi connectivity index (χ4n) is 3.48. The van der Waals surface area contributed by atoms with Crippen molar-refractivity contribution in [2.45, 2.75) is 30.7 Å². The van der Waals surface area contributed by atoms with Crippen LogP contribution in [-0.2, 0) is 39.1 Å². The highest BCUT2D eigenvalue weighted by Gasteiger charge is 2.37. The van der Waals surface area contributed by atoms with Crippen molar-refractivity contribution in [1.29, 1.82) is 0 Å². The number of hydrogen-bond donors (Lipinski definition) is 0. The number of fused-ring (bicyclic) bond motifs is 1. The summed E-state index contributed by atoms with van der Waals surface area (Å²) in [6, 6.07) is 12.6. The molecule has 32 heavy (non-hydrogen) atoms. The standard InChI is InChI=1S/C22H22N2O7S/c1-23(2)32(27,28)20-10-9-17(31-20)14-30-22(26)18-12-15-6-3-4-7-16(15)13-24(18)21(25)19-8-5-11-29-19/h3-11,18H,12-14H2,1-2H3/t18-/m0/s1. The van der Waals surface area contributed by atoms with Crippen molar-refractivity contribution < 1.29 is 31.6 Å². The highest BCUT2D eigenvalue weighted by molar-refractivity contribution is 7.88. The van der Waals surface area contributed by atoms with Gasteiger partial charge in [-0.25, -0.2) is 17.5 Å². The van der Waals surface area contributed by atoms with Gasteiger partial charge in [-0.3, -0.25) is 4.79 Å². The molecule has 168 valence electrons. The number of benzene rings is 1. The molecule has 9 nitrogen and oxygen atoms in total. The van der Waals surface area contributed by atoms with E-state index in [9.17, 15) is 18.0 Å². The Morgan fingerprint density at radius 1 is 1.09 bits per heavy atom. The van der Waals surface area contributed by atoms with Crippen LogP contribution in [0.1, 0.15) is 27.4 Å². The van der Waals surface area contributed by atoms with Crippen LogP contribution in [0.4, 0.5) is 0 Å². The molecule has 0 fully saturated rings. The van der Waals surface area contributed by atoms with E-state index in [1.807, 2.05) is 24.3 Å². The monoisotopic (exact) mass is 458 g/mol. The van der Waals surface area contributed by atoms with Gasteiger partial charge in [-0.2, -0.15) is 0 Å². The van der Waals surface area contributed by atoms with Gasteiger partial charge in [0.05, 0.1) is 6.26 Å². The molecule has 2 aromatic heterocycles. The predicted octanol–water partition coefficient (Wildman–Crippen LogP) is 2.43. The van der Waals surface area contributed by atoms with Gasteiger partial charge in [0, 0.05) is 27.1 Å². The Morgan fingerprint density at radius 2 is 1.84 bits per heavy atom. The van der Waals surface area contributed by atoms with E-state index in [2.05, 4.69) is 0 Å². The third kappa shape index (κ3) is 4.19. The second-order valence-corrected chi connectivity index (χ2v) is 9.60. The lowest BCUT2D eigenvalue weighted by Crippen LogP contribution is -2.49. The maximum atomic E-state index is 13.0. The molecule has 10 heteroatoms. The number of rotatable bonds is 6. The molecule has 3 heterocycles. The van der Waals surface area contributed by atoms with Crippen molar-refractivity contribution in [3.05, 3.63) is 77.4 Å².